The Balaban J connectivity index is 2.90. The summed E-state index contributed by atoms with van der Waals surface area (Å²) in [6.45, 7) is 0.369. The first kappa shape index (κ1) is 8.88. The SMILES string of the molecule is [2H]C([2H])([2H])Oc1cc(CC=O)ccc1OCCCCl. The Hall–Kier alpha value is -1.22. The molecule has 16 heavy (non-hydrogen) atoms. The van der Waals surface area contributed by atoms with Gasteiger partial charge in [0.05, 0.1) is 17.8 Å². The number of methoxy groups -OCH3 is 1. The van der Waals surface area contributed by atoms with E-state index in [1.54, 1.807) is 12.1 Å². The molecule has 0 aliphatic heterocycles. The molecule has 1 aromatic rings. The van der Waals surface area contributed by atoms with E-state index in [0.717, 1.165) is 6.29 Å². The van der Waals surface area contributed by atoms with Gasteiger partial charge in [0.15, 0.2) is 11.5 Å². The number of hydrogen-bond donors (Lipinski definition) is 0. The van der Waals surface area contributed by atoms with E-state index < -0.39 is 7.04 Å². The number of aldehydes is 1. The summed E-state index contributed by atoms with van der Waals surface area (Å²) in [5, 5.41) is 0. The topological polar surface area (TPSA) is 35.5 Å². The van der Waals surface area contributed by atoms with Gasteiger partial charge in [-0.1, -0.05) is 6.07 Å². The molecule has 0 aliphatic rings. The molecule has 4 heteroatoms. The molecule has 3 nitrogen and oxygen atoms in total. The first-order valence-corrected chi connectivity index (χ1v) is 5.44. The first-order valence-electron chi connectivity index (χ1n) is 6.40. The van der Waals surface area contributed by atoms with Gasteiger partial charge in [-0.3, -0.25) is 0 Å². The fraction of sp³-hybridized carbons (Fsp3) is 0.417. The molecule has 0 saturated carbocycles. The molecule has 0 fully saturated rings. The van der Waals surface area contributed by atoms with E-state index in [4.69, 9.17) is 25.2 Å². The van der Waals surface area contributed by atoms with Gasteiger partial charge in [-0.2, -0.15) is 0 Å². The van der Waals surface area contributed by atoms with Crippen molar-refractivity contribution in [1.29, 1.82) is 0 Å². The van der Waals surface area contributed by atoms with Crippen LogP contribution >= 0.6 is 11.6 Å². The molecule has 0 N–H and O–H groups in total. The zero-order valence-corrected chi connectivity index (χ0v) is 9.50. The molecule has 1 rings (SSSR count). The van der Waals surface area contributed by atoms with Crippen molar-refractivity contribution in [2.75, 3.05) is 19.5 Å². The molecule has 0 aromatic heterocycles. The van der Waals surface area contributed by atoms with E-state index >= 15 is 0 Å². The van der Waals surface area contributed by atoms with Gasteiger partial charge < -0.3 is 14.3 Å². The number of hydrogen-bond acceptors (Lipinski definition) is 3. The third-order valence-corrected chi connectivity index (χ3v) is 2.24. The molecule has 0 saturated heterocycles. The predicted octanol–water partition coefficient (Wildman–Crippen LogP) is 2.44. The van der Waals surface area contributed by atoms with Crippen molar-refractivity contribution in [3.05, 3.63) is 23.8 Å². The lowest BCUT2D eigenvalue weighted by Crippen LogP contribution is -2.00. The van der Waals surface area contributed by atoms with Gasteiger partial charge in [-0.25, -0.2) is 0 Å². The molecule has 0 aliphatic carbocycles. The standard InChI is InChI=1S/C12H15ClO3/c1-15-12-9-10(5-7-14)3-4-11(12)16-8-2-6-13/h3-4,7,9H,2,5-6,8H2,1H3/i1D3. The Morgan fingerprint density at radius 3 is 3.06 bits per heavy atom. The Kier molecular flexibility index (Phi) is 3.95. The lowest BCUT2D eigenvalue weighted by molar-refractivity contribution is -0.107. The quantitative estimate of drug-likeness (QED) is 0.421. The van der Waals surface area contributed by atoms with Gasteiger partial charge in [0, 0.05) is 12.3 Å². The average Bonchev–Trinajstić information content (AvgIpc) is 2.30. The van der Waals surface area contributed by atoms with Crippen LogP contribution in [0.2, 0.25) is 0 Å². The summed E-state index contributed by atoms with van der Waals surface area (Å²) in [7, 11) is -2.57. The number of rotatable bonds is 7. The lowest BCUT2D eigenvalue weighted by Gasteiger charge is -2.11. The number of ether oxygens (including phenoxy) is 2. The van der Waals surface area contributed by atoms with Crippen LogP contribution in [-0.2, 0) is 11.2 Å². The summed E-state index contributed by atoms with van der Waals surface area (Å²) in [5.41, 5.74) is 0.666. The molecule has 0 atom stereocenters. The van der Waals surface area contributed by atoms with Crippen LogP contribution in [0.3, 0.4) is 0 Å². The fourth-order valence-corrected chi connectivity index (χ4v) is 1.32. The molecular weight excluding hydrogens is 228 g/mol. The molecule has 1 aromatic carbocycles. The largest absolute Gasteiger partial charge is 0.493 e. The van der Waals surface area contributed by atoms with Gasteiger partial charge in [0.25, 0.3) is 0 Å². The highest BCUT2D eigenvalue weighted by Crippen LogP contribution is 2.28. The smallest absolute Gasteiger partial charge is 0.161 e. The van der Waals surface area contributed by atoms with Crippen LogP contribution in [-0.4, -0.2) is 25.8 Å². The van der Waals surface area contributed by atoms with Crippen LogP contribution in [0.15, 0.2) is 18.2 Å². The van der Waals surface area contributed by atoms with Crippen molar-refractivity contribution in [2.24, 2.45) is 0 Å². The van der Waals surface area contributed by atoms with E-state index in [9.17, 15) is 4.79 Å². The van der Waals surface area contributed by atoms with Gasteiger partial charge in [-0.05, 0) is 24.1 Å². The van der Waals surface area contributed by atoms with Crippen molar-refractivity contribution in [2.45, 2.75) is 12.8 Å². The number of alkyl halides is 1. The van der Waals surface area contributed by atoms with E-state index in [1.165, 1.54) is 6.07 Å². The maximum Gasteiger partial charge on any atom is 0.161 e. The summed E-state index contributed by atoms with van der Waals surface area (Å²) in [5.74, 6) is 0.892. The Morgan fingerprint density at radius 1 is 1.50 bits per heavy atom. The predicted molar refractivity (Wildman–Crippen MR) is 63.6 cm³/mol. The van der Waals surface area contributed by atoms with Crippen molar-refractivity contribution < 1.29 is 18.4 Å². The molecule has 0 heterocycles. The van der Waals surface area contributed by atoms with E-state index in [-0.39, 0.29) is 12.2 Å². The lowest BCUT2D eigenvalue weighted by atomic mass is 10.1. The second-order valence-corrected chi connectivity index (χ2v) is 3.52. The molecule has 0 bridgehead atoms. The minimum Gasteiger partial charge on any atom is -0.493 e. The first-order chi connectivity index (χ1) is 8.96. The Bertz CT molecular complexity index is 421. The Labute approximate surface area is 105 Å². The normalized spacial score (nSPS) is 13.4. The van der Waals surface area contributed by atoms with Gasteiger partial charge in [0.1, 0.15) is 6.29 Å². The summed E-state index contributed by atoms with van der Waals surface area (Å²) in [6.07, 6.45) is 1.58. The summed E-state index contributed by atoms with van der Waals surface area (Å²) >= 11 is 5.54. The van der Waals surface area contributed by atoms with Crippen LogP contribution in [0.25, 0.3) is 0 Å². The minimum absolute atomic E-state index is 0.105. The van der Waals surface area contributed by atoms with E-state index in [1.807, 2.05) is 0 Å². The number of carbonyl (C=O) groups excluding carboxylic acids is 1. The minimum atomic E-state index is -2.57. The average molecular weight is 246 g/mol. The molecular formula is C12H15ClO3. The van der Waals surface area contributed by atoms with Crippen LogP contribution in [0, 0.1) is 0 Å². The molecule has 0 amide bonds. The number of benzene rings is 1. The number of carbonyl (C=O) groups is 1. The summed E-state index contributed by atoms with van der Waals surface area (Å²) in [6, 6.07) is 4.78. The third-order valence-electron chi connectivity index (χ3n) is 1.97. The number of halogens is 1. The monoisotopic (exact) mass is 245 g/mol. The Morgan fingerprint density at radius 2 is 2.38 bits per heavy atom. The zero-order chi connectivity index (χ0) is 14.3. The van der Waals surface area contributed by atoms with Crippen molar-refractivity contribution in [3.8, 4) is 11.5 Å². The van der Waals surface area contributed by atoms with E-state index in [0.29, 0.717) is 30.2 Å². The summed E-state index contributed by atoms with van der Waals surface area (Å²) < 4.78 is 31.6. The maximum absolute atomic E-state index is 10.5. The highest BCUT2D eigenvalue weighted by Gasteiger charge is 2.05. The van der Waals surface area contributed by atoms with E-state index in [2.05, 4.69) is 0 Å². The van der Waals surface area contributed by atoms with Gasteiger partial charge in [-0.15, -0.1) is 11.6 Å². The van der Waals surface area contributed by atoms with Crippen LogP contribution in [0.5, 0.6) is 11.5 Å². The fourth-order valence-electron chi connectivity index (χ4n) is 1.21. The molecule has 88 valence electrons. The van der Waals surface area contributed by atoms with Crippen molar-refractivity contribution in [1.82, 2.24) is 0 Å². The summed E-state index contributed by atoms with van der Waals surface area (Å²) in [4.78, 5) is 10.5. The second kappa shape index (κ2) is 7.12. The maximum atomic E-state index is 10.5. The zero-order valence-electron chi connectivity index (χ0n) is 11.7. The van der Waals surface area contributed by atoms with Gasteiger partial charge in [0.2, 0.25) is 0 Å². The second-order valence-electron chi connectivity index (χ2n) is 3.14. The van der Waals surface area contributed by atoms with Crippen molar-refractivity contribution in [3.63, 3.8) is 0 Å². The van der Waals surface area contributed by atoms with Crippen LogP contribution < -0.4 is 9.47 Å². The molecule has 0 spiro atoms. The highest BCUT2D eigenvalue weighted by atomic mass is 35.5. The van der Waals surface area contributed by atoms with Crippen LogP contribution in [0.4, 0.5) is 0 Å². The van der Waals surface area contributed by atoms with Gasteiger partial charge >= 0.3 is 0 Å². The molecule has 0 unspecified atom stereocenters. The molecule has 0 radical (unpaired) electrons. The third kappa shape index (κ3) is 3.74. The van der Waals surface area contributed by atoms with Crippen LogP contribution in [0.1, 0.15) is 16.1 Å². The van der Waals surface area contributed by atoms with Crippen molar-refractivity contribution >= 4 is 17.9 Å². The highest BCUT2D eigenvalue weighted by molar-refractivity contribution is 6.17.